The fourth-order valence-electron chi connectivity index (χ4n) is 2.69. The normalized spacial score (nSPS) is 16.4. The first-order chi connectivity index (χ1) is 11.3. The number of ether oxygens (including phenoxy) is 1. The molecule has 0 aromatic rings. The first kappa shape index (κ1) is 24.4. The molecule has 0 atom stereocenters. The molecular weight excluding hydrogens is 431 g/mol. The molecule has 0 aliphatic heterocycles. The predicted molar refractivity (Wildman–Crippen MR) is 115 cm³/mol. The Balaban J connectivity index is 0.00000576. The quantitative estimate of drug-likeness (QED) is 0.211. The molecule has 25 heavy (non-hydrogen) atoms. The van der Waals surface area contributed by atoms with E-state index >= 15 is 0 Å². The van der Waals surface area contributed by atoms with Gasteiger partial charge < -0.3 is 20.7 Å². The van der Waals surface area contributed by atoms with Crippen LogP contribution < -0.4 is 16.0 Å². The smallest absolute Gasteiger partial charge is 0.225 e. The number of hydrogen-bond donors (Lipinski definition) is 3. The van der Waals surface area contributed by atoms with Crippen molar-refractivity contribution in [3.8, 4) is 0 Å². The third-order valence-electron chi connectivity index (χ3n) is 4.55. The van der Waals surface area contributed by atoms with Crippen molar-refractivity contribution in [2.24, 2.45) is 15.8 Å². The summed E-state index contributed by atoms with van der Waals surface area (Å²) in [4.78, 5) is 16.6. The topological polar surface area (TPSA) is 74.8 Å². The van der Waals surface area contributed by atoms with Crippen LogP contribution in [-0.4, -0.2) is 51.8 Å². The zero-order valence-corrected chi connectivity index (χ0v) is 18.9. The molecule has 0 heterocycles. The zero-order chi connectivity index (χ0) is 18.1. The van der Waals surface area contributed by atoms with Crippen LogP contribution in [0.2, 0.25) is 0 Å². The molecule has 0 aromatic carbocycles. The summed E-state index contributed by atoms with van der Waals surface area (Å²) in [6.45, 7) is 11.5. The van der Waals surface area contributed by atoms with Crippen molar-refractivity contribution in [3.63, 3.8) is 0 Å². The monoisotopic (exact) mass is 468 g/mol. The Labute approximate surface area is 170 Å². The highest BCUT2D eigenvalue weighted by molar-refractivity contribution is 14.0. The maximum absolute atomic E-state index is 11.8. The summed E-state index contributed by atoms with van der Waals surface area (Å²) in [5.41, 5.74) is -0.0324. The van der Waals surface area contributed by atoms with Crippen LogP contribution in [0.25, 0.3) is 0 Å². The van der Waals surface area contributed by atoms with Gasteiger partial charge >= 0.3 is 0 Å². The van der Waals surface area contributed by atoms with E-state index in [1.54, 1.807) is 7.11 Å². The van der Waals surface area contributed by atoms with Crippen molar-refractivity contribution in [1.82, 2.24) is 16.0 Å². The molecule has 0 bridgehead atoms. The molecule has 0 saturated heterocycles. The second-order valence-corrected chi connectivity index (χ2v) is 7.72. The summed E-state index contributed by atoms with van der Waals surface area (Å²) in [6.07, 6.45) is 4.85. The van der Waals surface area contributed by atoms with Gasteiger partial charge in [0.15, 0.2) is 5.96 Å². The molecule has 0 radical (unpaired) electrons. The van der Waals surface area contributed by atoms with Gasteiger partial charge in [0.25, 0.3) is 0 Å². The van der Waals surface area contributed by atoms with Gasteiger partial charge in [-0.15, -0.1) is 24.0 Å². The van der Waals surface area contributed by atoms with Gasteiger partial charge in [-0.3, -0.25) is 9.79 Å². The average Bonchev–Trinajstić information content (AvgIpc) is 2.48. The number of nitrogens with zero attached hydrogens (tertiary/aromatic N) is 1. The second-order valence-electron chi connectivity index (χ2n) is 7.72. The molecule has 1 amide bonds. The minimum absolute atomic E-state index is 0. The van der Waals surface area contributed by atoms with Crippen LogP contribution in [0, 0.1) is 10.8 Å². The van der Waals surface area contributed by atoms with Crippen molar-refractivity contribution in [2.75, 3.05) is 39.9 Å². The van der Waals surface area contributed by atoms with Gasteiger partial charge in [-0.25, -0.2) is 0 Å². The maximum atomic E-state index is 11.8. The summed E-state index contributed by atoms with van der Waals surface area (Å²) in [5, 5.41) is 9.51. The lowest BCUT2D eigenvalue weighted by molar-refractivity contribution is -0.128. The Kier molecular flexibility index (Phi) is 11.7. The third kappa shape index (κ3) is 9.08. The van der Waals surface area contributed by atoms with E-state index in [4.69, 9.17) is 9.73 Å². The highest BCUT2D eigenvalue weighted by Crippen LogP contribution is 2.44. The van der Waals surface area contributed by atoms with Crippen LogP contribution in [0.15, 0.2) is 4.99 Å². The number of carbonyl (C=O) groups excluding carboxylic acids is 1. The SMILES string of the molecule is CCNC(=NCC1(CCOC)CCC1)NCCNC(=O)C(C)(C)C.I. The van der Waals surface area contributed by atoms with E-state index in [1.165, 1.54) is 19.3 Å². The number of halogens is 1. The number of guanidine groups is 1. The van der Waals surface area contributed by atoms with E-state index in [9.17, 15) is 4.79 Å². The molecule has 1 fully saturated rings. The molecule has 1 aliphatic rings. The van der Waals surface area contributed by atoms with Gasteiger partial charge in [-0.2, -0.15) is 0 Å². The first-order valence-electron chi connectivity index (χ1n) is 9.12. The number of rotatable bonds is 9. The lowest BCUT2D eigenvalue weighted by Crippen LogP contribution is -2.44. The number of nitrogens with one attached hydrogen (secondary N) is 3. The standard InChI is InChI=1S/C18H36N4O2.HI/c1-6-19-16(21-12-11-20-15(23)17(2,3)4)22-14-18(8-7-9-18)10-13-24-5;/h6-14H2,1-5H3,(H,20,23)(H2,19,21,22);1H. The van der Waals surface area contributed by atoms with Gasteiger partial charge in [0.05, 0.1) is 0 Å². The molecule has 1 saturated carbocycles. The van der Waals surface area contributed by atoms with Crippen LogP contribution in [0.3, 0.4) is 0 Å². The Morgan fingerprint density at radius 3 is 2.28 bits per heavy atom. The molecule has 6 nitrogen and oxygen atoms in total. The highest BCUT2D eigenvalue weighted by Gasteiger charge is 2.36. The maximum Gasteiger partial charge on any atom is 0.225 e. The van der Waals surface area contributed by atoms with E-state index in [0.717, 1.165) is 32.1 Å². The molecule has 7 heteroatoms. The minimum atomic E-state index is -0.351. The van der Waals surface area contributed by atoms with Crippen LogP contribution in [0.4, 0.5) is 0 Å². The molecule has 1 aliphatic carbocycles. The van der Waals surface area contributed by atoms with Crippen molar-refractivity contribution < 1.29 is 9.53 Å². The second kappa shape index (κ2) is 11.9. The van der Waals surface area contributed by atoms with Crippen LogP contribution in [0.5, 0.6) is 0 Å². The van der Waals surface area contributed by atoms with Gasteiger partial charge in [-0.05, 0) is 31.6 Å². The Morgan fingerprint density at radius 1 is 1.16 bits per heavy atom. The first-order valence-corrected chi connectivity index (χ1v) is 9.12. The molecule has 0 unspecified atom stereocenters. The number of aliphatic imine (C=N–C) groups is 1. The minimum Gasteiger partial charge on any atom is -0.385 e. The fourth-order valence-corrected chi connectivity index (χ4v) is 2.69. The third-order valence-corrected chi connectivity index (χ3v) is 4.55. The molecule has 0 spiro atoms. The molecule has 148 valence electrons. The van der Waals surface area contributed by atoms with E-state index in [0.29, 0.717) is 18.5 Å². The summed E-state index contributed by atoms with van der Waals surface area (Å²) < 4.78 is 5.24. The lowest BCUT2D eigenvalue weighted by Gasteiger charge is -2.40. The van der Waals surface area contributed by atoms with Crippen molar-refractivity contribution in [1.29, 1.82) is 0 Å². The van der Waals surface area contributed by atoms with E-state index in [-0.39, 0.29) is 35.3 Å². The highest BCUT2D eigenvalue weighted by atomic mass is 127. The number of methoxy groups -OCH3 is 1. The van der Waals surface area contributed by atoms with Gasteiger partial charge in [0.2, 0.25) is 5.91 Å². The van der Waals surface area contributed by atoms with Crippen LogP contribution in [-0.2, 0) is 9.53 Å². The summed E-state index contributed by atoms with van der Waals surface area (Å²) in [7, 11) is 1.76. The van der Waals surface area contributed by atoms with Crippen molar-refractivity contribution in [2.45, 2.75) is 53.4 Å². The van der Waals surface area contributed by atoms with Crippen LogP contribution in [0.1, 0.15) is 53.4 Å². The van der Waals surface area contributed by atoms with Crippen LogP contribution >= 0.6 is 24.0 Å². The molecular formula is C18H37IN4O2. The summed E-state index contributed by atoms with van der Waals surface area (Å²) in [6, 6.07) is 0. The largest absolute Gasteiger partial charge is 0.385 e. The number of hydrogen-bond acceptors (Lipinski definition) is 3. The van der Waals surface area contributed by atoms with Gasteiger partial charge in [0.1, 0.15) is 0 Å². The van der Waals surface area contributed by atoms with Crippen molar-refractivity contribution >= 4 is 35.8 Å². The van der Waals surface area contributed by atoms with E-state index in [1.807, 2.05) is 20.8 Å². The Hall–Kier alpha value is -0.570. The molecule has 1 rings (SSSR count). The number of amides is 1. The number of carbonyl (C=O) groups is 1. The average molecular weight is 468 g/mol. The zero-order valence-electron chi connectivity index (χ0n) is 16.5. The summed E-state index contributed by atoms with van der Waals surface area (Å²) in [5.74, 6) is 0.894. The fraction of sp³-hybridized carbons (Fsp3) is 0.889. The summed E-state index contributed by atoms with van der Waals surface area (Å²) >= 11 is 0. The van der Waals surface area contributed by atoms with Crippen molar-refractivity contribution in [3.05, 3.63) is 0 Å². The lowest BCUT2D eigenvalue weighted by atomic mass is 9.67. The predicted octanol–water partition coefficient (Wildman–Crippen LogP) is 2.53. The Morgan fingerprint density at radius 2 is 1.80 bits per heavy atom. The molecule has 0 aromatic heterocycles. The van der Waals surface area contributed by atoms with Gasteiger partial charge in [0, 0.05) is 45.3 Å². The Bertz CT molecular complexity index is 418. The van der Waals surface area contributed by atoms with Gasteiger partial charge in [-0.1, -0.05) is 27.2 Å². The van der Waals surface area contributed by atoms with E-state index in [2.05, 4.69) is 22.9 Å². The molecule has 3 N–H and O–H groups in total. The van der Waals surface area contributed by atoms with E-state index < -0.39 is 0 Å².